The molecule has 1 heterocycles. The molecule has 0 aliphatic heterocycles. The van der Waals surface area contributed by atoms with Crippen molar-refractivity contribution in [3.63, 3.8) is 0 Å². The fraction of sp³-hybridized carbons (Fsp3) is 0.429. The number of amides is 1. The Bertz CT molecular complexity index is 601. The van der Waals surface area contributed by atoms with Gasteiger partial charge in [0, 0.05) is 17.6 Å². The summed E-state index contributed by atoms with van der Waals surface area (Å²) in [5.74, 6) is -0.168. The first-order chi connectivity index (χ1) is 8.93. The van der Waals surface area contributed by atoms with Gasteiger partial charge in [-0.05, 0) is 30.0 Å². The van der Waals surface area contributed by atoms with Gasteiger partial charge < -0.3 is 11.1 Å². The van der Waals surface area contributed by atoms with Gasteiger partial charge >= 0.3 is 0 Å². The standard InChI is InChI=1S/C14H20N4O/c1-4-14(2,3)8-16-13(19)12-10-7-9(15)5-6-11(10)17-18-12/h5-7H,4,8,15H2,1-3H3,(H,16,19)(H,17,18). The maximum Gasteiger partial charge on any atom is 0.272 e. The molecule has 0 radical (unpaired) electrons. The summed E-state index contributed by atoms with van der Waals surface area (Å²) in [6, 6.07) is 5.37. The smallest absolute Gasteiger partial charge is 0.272 e. The van der Waals surface area contributed by atoms with Crippen LogP contribution < -0.4 is 11.1 Å². The van der Waals surface area contributed by atoms with Crippen LogP contribution in [0.25, 0.3) is 10.9 Å². The molecule has 2 aromatic rings. The maximum atomic E-state index is 12.2. The number of carbonyl (C=O) groups is 1. The van der Waals surface area contributed by atoms with Crippen LogP contribution in [0.3, 0.4) is 0 Å². The van der Waals surface area contributed by atoms with Gasteiger partial charge in [0.2, 0.25) is 0 Å². The first-order valence-corrected chi connectivity index (χ1v) is 6.45. The molecule has 2 rings (SSSR count). The van der Waals surface area contributed by atoms with E-state index in [1.165, 1.54) is 0 Å². The number of nitrogen functional groups attached to an aromatic ring is 1. The number of hydrogen-bond acceptors (Lipinski definition) is 3. The Hall–Kier alpha value is -2.04. The average molecular weight is 260 g/mol. The molecule has 1 aromatic heterocycles. The summed E-state index contributed by atoms with van der Waals surface area (Å²) in [6.45, 7) is 6.97. The zero-order valence-corrected chi connectivity index (χ0v) is 11.6. The number of nitrogens with one attached hydrogen (secondary N) is 2. The zero-order valence-electron chi connectivity index (χ0n) is 11.6. The Morgan fingerprint density at radius 2 is 2.21 bits per heavy atom. The summed E-state index contributed by atoms with van der Waals surface area (Å²) in [5.41, 5.74) is 7.66. The molecule has 5 nitrogen and oxygen atoms in total. The first-order valence-electron chi connectivity index (χ1n) is 6.45. The fourth-order valence-corrected chi connectivity index (χ4v) is 1.73. The lowest BCUT2D eigenvalue weighted by atomic mass is 9.90. The van der Waals surface area contributed by atoms with Crippen LogP contribution in [0.4, 0.5) is 5.69 Å². The van der Waals surface area contributed by atoms with E-state index in [0.29, 0.717) is 17.9 Å². The highest BCUT2D eigenvalue weighted by Gasteiger charge is 2.19. The van der Waals surface area contributed by atoms with Crippen LogP contribution in [0.1, 0.15) is 37.7 Å². The minimum atomic E-state index is -0.168. The largest absolute Gasteiger partial charge is 0.399 e. The van der Waals surface area contributed by atoms with Gasteiger partial charge in [-0.3, -0.25) is 9.89 Å². The maximum absolute atomic E-state index is 12.2. The van der Waals surface area contributed by atoms with Crippen LogP contribution in [-0.2, 0) is 0 Å². The third-order valence-corrected chi connectivity index (χ3v) is 3.49. The number of benzene rings is 1. The van der Waals surface area contributed by atoms with E-state index in [4.69, 9.17) is 5.73 Å². The number of fused-ring (bicyclic) bond motifs is 1. The van der Waals surface area contributed by atoms with Crippen molar-refractivity contribution in [2.75, 3.05) is 12.3 Å². The van der Waals surface area contributed by atoms with E-state index in [2.05, 4.69) is 36.3 Å². The Kier molecular flexibility index (Phi) is 3.46. The van der Waals surface area contributed by atoms with Crippen LogP contribution in [-0.4, -0.2) is 22.6 Å². The highest BCUT2D eigenvalue weighted by molar-refractivity contribution is 6.05. The second-order valence-corrected chi connectivity index (χ2v) is 5.58. The summed E-state index contributed by atoms with van der Waals surface area (Å²) in [6.07, 6.45) is 1.00. The lowest BCUT2D eigenvalue weighted by Gasteiger charge is -2.22. The van der Waals surface area contributed by atoms with E-state index in [1.807, 2.05) is 6.07 Å². The van der Waals surface area contributed by atoms with Gasteiger partial charge in [0.25, 0.3) is 5.91 Å². The van der Waals surface area contributed by atoms with E-state index in [9.17, 15) is 4.79 Å². The third-order valence-electron chi connectivity index (χ3n) is 3.49. The fourth-order valence-electron chi connectivity index (χ4n) is 1.73. The molecule has 0 bridgehead atoms. The molecule has 0 aliphatic rings. The molecule has 0 unspecified atom stereocenters. The predicted octanol–water partition coefficient (Wildman–Crippen LogP) is 2.31. The number of nitrogens with zero attached hydrogens (tertiary/aromatic N) is 1. The number of aromatic amines is 1. The van der Waals surface area contributed by atoms with Gasteiger partial charge in [0.15, 0.2) is 5.69 Å². The van der Waals surface area contributed by atoms with Crippen molar-refractivity contribution in [1.82, 2.24) is 15.5 Å². The SMILES string of the molecule is CCC(C)(C)CNC(=O)c1n[nH]c2ccc(N)cc12. The van der Waals surface area contributed by atoms with Crippen molar-refractivity contribution in [2.24, 2.45) is 5.41 Å². The molecular formula is C14H20N4O. The van der Waals surface area contributed by atoms with Crippen LogP contribution >= 0.6 is 0 Å². The lowest BCUT2D eigenvalue weighted by Crippen LogP contribution is -2.33. The topological polar surface area (TPSA) is 83.8 Å². The molecule has 5 heteroatoms. The second-order valence-electron chi connectivity index (χ2n) is 5.58. The normalized spacial score (nSPS) is 11.7. The summed E-state index contributed by atoms with van der Waals surface area (Å²) in [4.78, 5) is 12.2. The van der Waals surface area contributed by atoms with Crippen LogP contribution in [0, 0.1) is 5.41 Å². The number of nitrogens with two attached hydrogens (primary N) is 1. The van der Waals surface area contributed by atoms with Crippen molar-refractivity contribution >= 4 is 22.5 Å². The van der Waals surface area contributed by atoms with Gasteiger partial charge in [-0.25, -0.2) is 0 Å². The minimum Gasteiger partial charge on any atom is -0.399 e. The Labute approximate surface area is 112 Å². The van der Waals surface area contributed by atoms with Crippen LogP contribution in [0.5, 0.6) is 0 Å². The number of carbonyl (C=O) groups excluding carboxylic acids is 1. The van der Waals surface area contributed by atoms with Gasteiger partial charge in [0.05, 0.1) is 5.52 Å². The van der Waals surface area contributed by atoms with E-state index in [-0.39, 0.29) is 11.3 Å². The average Bonchev–Trinajstić information content (AvgIpc) is 2.79. The van der Waals surface area contributed by atoms with Gasteiger partial charge in [-0.1, -0.05) is 20.8 Å². The Morgan fingerprint density at radius 1 is 1.47 bits per heavy atom. The zero-order chi connectivity index (χ0) is 14.0. The third kappa shape index (κ3) is 2.86. The monoisotopic (exact) mass is 260 g/mol. The van der Waals surface area contributed by atoms with Crippen LogP contribution in [0.15, 0.2) is 18.2 Å². The van der Waals surface area contributed by atoms with Crippen molar-refractivity contribution < 1.29 is 4.79 Å². The quantitative estimate of drug-likeness (QED) is 0.737. The number of rotatable bonds is 4. The summed E-state index contributed by atoms with van der Waals surface area (Å²) in [7, 11) is 0. The van der Waals surface area contributed by atoms with Gasteiger partial charge in [0.1, 0.15) is 0 Å². The molecule has 0 aliphatic carbocycles. The van der Waals surface area contributed by atoms with Gasteiger partial charge in [-0.2, -0.15) is 5.10 Å². The molecule has 1 amide bonds. The molecule has 0 saturated carbocycles. The molecule has 0 spiro atoms. The van der Waals surface area contributed by atoms with E-state index in [0.717, 1.165) is 17.3 Å². The van der Waals surface area contributed by atoms with Crippen molar-refractivity contribution in [2.45, 2.75) is 27.2 Å². The molecule has 4 N–H and O–H groups in total. The van der Waals surface area contributed by atoms with Crippen molar-refractivity contribution in [1.29, 1.82) is 0 Å². The Balaban J connectivity index is 2.20. The van der Waals surface area contributed by atoms with Gasteiger partial charge in [-0.15, -0.1) is 0 Å². The van der Waals surface area contributed by atoms with E-state index in [1.54, 1.807) is 12.1 Å². The van der Waals surface area contributed by atoms with Crippen LogP contribution in [0.2, 0.25) is 0 Å². The first kappa shape index (κ1) is 13.4. The predicted molar refractivity (Wildman–Crippen MR) is 76.9 cm³/mol. The highest BCUT2D eigenvalue weighted by Crippen LogP contribution is 2.20. The summed E-state index contributed by atoms with van der Waals surface area (Å²) >= 11 is 0. The molecule has 0 atom stereocenters. The summed E-state index contributed by atoms with van der Waals surface area (Å²) in [5, 5.41) is 10.6. The highest BCUT2D eigenvalue weighted by atomic mass is 16.1. The van der Waals surface area contributed by atoms with E-state index >= 15 is 0 Å². The lowest BCUT2D eigenvalue weighted by molar-refractivity contribution is 0.0932. The Morgan fingerprint density at radius 3 is 2.89 bits per heavy atom. The van der Waals surface area contributed by atoms with Crippen molar-refractivity contribution in [3.8, 4) is 0 Å². The molecule has 0 fully saturated rings. The number of H-pyrrole nitrogens is 1. The van der Waals surface area contributed by atoms with Crippen molar-refractivity contribution in [3.05, 3.63) is 23.9 Å². The minimum absolute atomic E-state index is 0.0841. The number of aromatic nitrogens is 2. The number of anilines is 1. The molecular weight excluding hydrogens is 240 g/mol. The molecule has 0 saturated heterocycles. The number of hydrogen-bond donors (Lipinski definition) is 3. The second kappa shape index (κ2) is 4.91. The molecule has 102 valence electrons. The summed E-state index contributed by atoms with van der Waals surface area (Å²) < 4.78 is 0. The van der Waals surface area contributed by atoms with E-state index < -0.39 is 0 Å². The molecule has 1 aromatic carbocycles. The molecule has 19 heavy (non-hydrogen) atoms.